The number of hydrogen-bond acceptors (Lipinski definition) is 4. The van der Waals surface area contributed by atoms with Crippen LogP contribution in [-0.4, -0.2) is 28.4 Å². The summed E-state index contributed by atoms with van der Waals surface area (Å²) in [6.45, 7) is 18.2. The van der Waals surface area contributed by atoms with Crippen LogP contribution in [0.3, 0.4) is 0 Å². The van der Waals surface area contributed by atoms with Crippen LogP contribution in [0.4, 0.5) is 8.78 Å². The zero-order valence-electron chi connectivity index (χ0n) is 30.9. The molecule has 0 fully saturated rings. The number of carboxylic acid groups (broad SMARTS) is 2. The summed E-state index contributed by atoms with van der Waals surface area (Å²) in [5, 5.41) is 19.7. The Morgan fingerprint density at radius 3 is 1.59 bits per heavy atom. The third kappa shape index (κ3) is 8.11. The number of rotatable bonds is 12. The normalized spacial score (nSPS) is 14.1. The molecule has 0 amide bonds. The van der Waals surface area contributed by atoms with Gasteiger partial charge in [-0.15, -0.1) is 8.78 Å². The van der Waals surface area contributed by atoms with Crippen molar-refractivity contribution < 1.29 is 38.1 Å². The fourth-order valence-electron chi connectivity index (χ4n) is 7.26. The van der Waals surface area contributed by atoms with Gasteiger partial charge in [-0.3, -0.25) is 9.59 Å². The van der Waals surface area contributed by atoms with E-state index >= 15 is 0 Å². The second-order valence-corrected chi connectivity index (χ2v) is 14.9. The van der Waals surface area contributed by atoms with Gasteiger partial charge in [0.25, 0.3) is 0 Å². The van der Waals surface area contributed by atoms with Crippen molar-refractivity contribution in [2.75, 3.05) is 0 Å². The highest BCUT2D eigenvalue weighted by Crippen LogP contribution is 2.48. The summed E-state index contributed by atoms with van der Waals surface area (Å²) in [6, 6.07) is 17.7. The number of aryl methyl sites for hydroxylation is 2. The summed E-state index contributed by atoms with van der Waals surface area (Å²) in [5.41, 5.74) is 11.2. The number of ether oxygens (including phenoxy) is 2. The Hall–Kier alpha value is -4.72. The predicted molar refractivity (Wildman–Crippen MR) is 196 cm³/mol. The molecule has 51 heavy (non-hydrogen) atoms. The van der Waals surface area contributed by atoms with E-state index in [9.17, 15) is 28.6 Å². The molecule has 1 atom stereocenters. The molecule has 0 radical (unpaired) electrons. The van der Waals surface area contributed by atoms with Crippen LogP contribution in [0.5, 0.6) is 11.5 Å². The number of benzene rings is 4. The van der Waals surface area contributed by atoms with Crippen LogP contribution in [-0.2, 0) is 28.9 Å². The molecule has 0 bridgehead atoms. The fourth-order valence-corrected chi connectivity index (χ4v) is 7.26. The third-order valence-corrected chi connectivity index (χ3v) is 9.97. The van der Waals surface area contributed by atoms with Crippen molar-refractivity contribution in [1.82, 2.24) is 0 Å². The van der Waals surface area contributed by atoms with Crippen LogP contribution >= 0.6 is 0 Å². The van der Waals surface area contributed by atoms with Crippen LogP contribution in [0.2, 0.25) is 0 Å². The second-order valence-electron chi connectivity index (χ2n) is 14.9. The van der Waals surface area contributed by atoms with E-state index in [-0.39, 0.29) is 54.4 Å². The highest BCUT2D eigenvalue weighted by atomic mass is 19.3. The average molecular weight is 699 g/mol. The first-order valence-electron chi connectivity index (χ1n) is 17.6. The van der Waals surface area contributed by atoms with Gasteiger partial charge in [-0.25, -0.2) is 0 Å². The molecule has 0 aliphatic carbocycles. The Labute approximate surface area is 299 Å². The Morgan fingerprint density at radius 2 is 1.10 bits per heavy atom. The summed E-state index contributed by atoms with van der Waals surface area (Å²) >= 11 is 0. The predicted octanol–water partition coefficient (Wildman–Crippen LogP) is 10.9. The number of carboxylic acids is 2. The van der Waals surface area contributed by atoms with Crippen molar-refractivity contribution in [2.45, 2.75) is 112 Å². The average Bonchev–Trinajstić information content (AvgIpc) is 3.35. The molecule has 1 unspecified atom stereocenters. The van der Waals surface area contributed by atoms with Gasteiger partial charge in [-0.1, -0.05) is 90.9 Å². The lowest BCUT2D eigenvalue weighted by Crippen LogP contribution is -2.26. The zero-order chi connectivity index (χ0) is 37.5. The van der Waals surface area contributed by atoms with Gasteiger partial charge >= 0.3 is 18.2 Å². The molecule has 6 nitrogen and oxygen atoms in total. The van der Waals surface area contributed by atoms with Crippen LogP contribution in [0.15, 0.2) is 54.6 Å². The maximum absolute atomic E-state index is 14.7. The summed E-state index contributed by atoms with van der Waals surface area (Å²) in [5.74, 6) is -2.21. The first kappa shape index (κ1) is 37.5. The molecular formula is C43H48F2O6. The Balaban J connectivity index is 1.69. The molecule has 4 aromatic carbocycles. The van der Waals surface area contributed by atoms with E-state index < -0.39 is 18.2 Å². The molecular weight excluding hydrogens is 650 g/mol. The number of carbonyl (C=O) groups is 2. The Morgan fingerprint density at radius 1 is 0.627 bits per heavy atom. The Kier molecular flexibility index (Phi) is 10.7. The lowest BCUT2D eigenvalue weighted by molar-refractivity contribution is -0.287. The van der Waals surface area contributed by atoms with Crippen LogP contribution in [0.1, 0.15) is 122 Å². The molecule has 1 heterocycles. The molecule has 0 saturated heterocycles. The minimum atomic E-state index is -3.85. The van der Waals surface area contributed by atoms with Crippen molar-refractivity contribution >= 4 is 11.9 Å². The molecule has 5 rings (SSSR count). The number of halogens is 2. The molecule has 0 aromatic heterocycles. The van der Waals surface area contributed by atoms with Gasteiger partial charge in [0.2, 0.25) is 0 Å². The molecule has 0 spiro atoms. The van der Waals surface area contributed by atoms with Gasteiger partial charge in [-0.2, -0.15) is 0 Å². The quantitative estimate of drug-likeness (QED) is 0.153. The van der Waals surface area contributed by atoms with Gasteiger partial charge in [0.1, 0.15) is 0 Å². The van der Waals surface area contributed by atoms with E-state index in [0.29, 0.717) is 11.1 Å². The highest BCUT2D eigenvalue weighted by Gasteiger charge is 2.45. The summed E-state index contributed by atoms with van der Waals surface area (Å²) in [6.07, 6.45) is -3.87. The van der Waals surface area contributed by atoms with Gasteiger partial charge in [0.15, 0.2) is 11.5 Å². The largest absolute Gasteiger partial charge is 0.586 e. The lowest BCUT2D eigenvalue weighted by Gasteiger charge is -2.24. The van der Waals surface area contributed by atoms with Gasteiger partial charge < -0.3 is 19.7 Å². The standard InChI is InChI=1S/C43H48F2O6/c1-22(2)33-16-31(17-34(23(3)4)37(33)20-40(46)47)29-14-32(42-39(19-29)50-43(44,45)51-42)13-27(9)36-18-30(28-11-10-25(7)26(8)12-28)15-35(24(5)6)38(36)21-41(48)49/h10-12,14-19,22-24,27H,13,20-21H2,1-9H3,(H,46,47)(H,48,49). The van der Waals surface area contributed by atoms with Crippen LogP contribution in [0, 0.1) is 13.8 Å². The van der Waals surface area contributed by atoms with E-state index in [1.54, 1.807) is 6.07 Å². The van der Waals surface area contributed by atoms with E-state index in [1.807, 2.05) is 72.7 Å². The maximum atomic E-state index is 14.7. The molecule has 1 aliphatic rings. The molecule has 0 saturated carbocycles. The van der Waals surface area contributed by atoms with Gasteiger partial charge in [-0.05, 0) is 128 Å². The van der Waals surface area contributed by atoms with Crippen molar-refractivity contribution in [3.05, 3.63) is 105 Å². The van der Waals surface area contributed by atoms with E-state index in [0.717, 1.165) is 55.6 Å². The summed E-state index contributed by atoms with van der Waals surface area (Å²) in [4.78, 5) is 24.1. The molecule has 8 heteroatoms. The zero-order valence-corrected chi connectivity index (χ0v) is 30.9. The Bertz CT molecular complexity index is 1960. The highest BCUT2D eigenvalue weighted by molar-refractivity contribution is 5.77. The van der Waals surface area contributed by atoms with Crippen molar-refractivity contribution in [3.8, 4) is 33.8 Å². The molecule has 1 aliphatic heterocycles. The van der Waals surface area contributed by atoms with Crippen LogP contribution < -0.4 is 9.47 Å². The monoisotopic (exact) mass is 698 g/mol. The molecule has 270 valence electrons. The third-order valence-electron chi connectivity index (χ3n) is 9.97. The second kappa shape index (κ2) is 14.5. The smallest absolute Gasteiger partial charge is 0.481 e. The number of alkyl halides is 2. The van der Waals surface area contributed by atoms with Crippen molar-refractivity contribution in [1.29, 1.82) is 0 Å². The topological polar surface area (TPSA) is 93.1 Å². The minimum Gasteiger partial charge on any atom is -0.481 e. The molecule has 2 N–H and O–H groups in total. The minimum absolute atomic E-state index is 0.0158. The maximum Gasteiger partial charge on any atom is 0.586 e. The number of hydrogen-bond donors (Lipinski definition) is 2. The van der Waals surface area contributed by atoms with Gasteiger partial charge in [0, 0.05) is 0 Å². The first-order valence-corrected chi connectivity index (χ1v) is 17.6. The first-order chi connectivity index (χ1) is 23.8. The van der Waals surface area contributed by atoms with Gasteiger partial charge in [0.05, 0.1) is 12.8 Å². The summed E-state index contributed by atoms with van der Waals surface area (Å²) in [7, 11) is 0. The van der Waals surface area contributed by atoms with E-state index in [4.69, 9.17) is 9.47 Å². The SMILES string of the molecule is Cc1ccc(-c2cc(C(C)C)c(CC(=O)O)c(C(C)Cc3cc(-c4cc(C(C)C)c(CC(=O)O)c(C(C)C)c4)cc4c3OC(F)(F)O4)c2)cc1C. The lowest BCUT2D eigenvalue weighted by atomic mass is 9.81. The molecule has 4 aromatic rings. The van der Waals surface area contributed by atoms with Crippen LogP contribution in [0.25, 0.3) is 22.3 Å². The van der Waals surface area contributed by atoms with Crippen molar-refractivity contribution in [2.24, 2.45) is 0 Å². The number of aliphatic carboxylic acids is 2. The van der Waals surface area contributed by atoms with E-state index in [2.05, 4.69) is 38.1 Å². The fraction of sp³-hybridized carbons (Fsp3) is 0.395. The number of fused-ring (bicyclic) bond motifs is 1. The summed E-state index contributed by atoms with van der Waals surface area (Å²) < 4.78 is 39.6. The van der Waals surface area contributed by atoms with Crippen molar-refractivity contribution in [3.63, 3.8) is 0 Å². The van der Waals surface area contributed by atoms with E-state index in [1.165, 1.54) is 5.56 Å².